The maximum Gasteiger partial charge on any atom is 0.243 e. The third-order valence-corrected chi connectivity index (χ3v) is 9.38. The number of aliphatic hydroxyl groups excluding tert-OH is 1. The zero-order valence-electron chi connectivity index (χ0n) is 19.0. The van der Waals surface area contributed by atoms with Gasteiger partial charge in [-0.1, -0.05) is 7.43 Å². The molecule has 1 aliphatic rings. The van der Waals surface area contributed by atoms with Gasteiger partial charge in [0.05, 0.1) is 33.3 Å². The molecular formula is C23H34N4O4S4. The third kappa shape index (κ3) is 7.61. The fraction of sp³-hybridized carbons (Fsp3) is 0.522. The van der Waals surface area contributed by atoms with Crippen molar-refractivity contribution in [2.24, 2.45) is 5.92 Å². The van der Waals surface area contributed by atoms with Gasteiger partial charge in [0.2, 0.25) is 10.0 Å². The molecule has 3 aromatic rings. The lowest BCUT2D eigenvalue weighted by Gasteiger charge is -2.25. The largest absolute Gasteiger partial charge is 0.396 e. The van der Waals surface area contributed by atoms with Crippen molar-refractivity contribution in [2.45, 2.75) is 42.9 Å². The molecule has 1 saturated heterocycles. The van der Waals surface area contributed by atoms with Crippen LogP contribution in [0.1, 0.15) is 31.1 Å². The topological polar surface area (TPSA) is 106 Å². The van der Waals surface area contributed by atoms with E-state index in [4.69, 9.17) is 4.74 Å². The smallest absolute Gasteiger partial charge is 0.243 e. The first-order valence-corrected chi connectivity index (χ1v) is 14.4. The van der Waals surface area contributed by atoms with E-state index in [9.17, 15) is 13.5 Å². The normalized spacial score (nSPS) is 15.4. The number of hydrogen-bond acceptors (Lipinski definition) is 9. The second kappa shape index (κ2) is 13.9. The molecule has 0 aliphatic carbocycles. The highest BCUT2D eigenvalue weighted by atomic mass is 32.2. The zero-order chi connectivity index (χ0) is 23.3. The summed E-state index contributed by atoms with van der Waals surface area (Å²) in [5.74, 6) is 0.929. The Morgan fingerprint density at radius 2 is 1.86 bits per heavy atom. The summed E-state index contributed by atoms with van der Waals surface area (Å²) in [6.07, 6.45) is 8.72. The lowest BCUT2D eigenvalue weighted by Crippen LogP contribution is -2.40. The minimum atomic E-state index is -3.53. The molecule has 35 heavy (non-hydrogen) atoms. The molecule has 1 atom stereocenters. The SMILES string of the molecule is C.CSc1cnc(CC[C@H](CO)CCc2nc3ccc(S(=O)(=O)N4CCOCC4)cc3s2)nc1.S. The van der Waals surface area contributed by atoms with Crippen LogP contribution in [0.4, 0.5) is 0 Å². The van der Waals surface area contributed by atoms with E-state index >= 15 is 0 Å². The molecule has 8 nitrogen and oxygen atoms in total. The molecule has 0 saturated carbocycles. The summed E-state index contributed by atoms with van der Waals surface area (Å²) in [5, 5.41) is 10.8. The lowest BCUT2D eigenvalue weighted by atomic mass is 9.98. The van der Waals surface area contributed by atoms with Crippen LogP contribution in [0.25, 0.3) is 10.2 Å². The van der Waals surface area contributed by atoms with Crippen LogP contribution in [-0.2, 0) is 27.6 Å². The van der Waals surface area contributed by atoms with Crippen molar-refractivity contribution in [3.05, 3.63) is 41.4 Å². The monoisotopic (exact) mass is 558 g/mol. The summed E-state index contributed by atoms with van der Waals surface area (Å²) in [6.45, 7) is 1.71. The summed E-state index contributed by atoms with van der Waals surface area (Å²) >= 11 is 3.13. The highest BCUT2D eigenvalue weighted by molar-refractivity contribution is 7.98. The fourth-order valence-electron chi connectivity index (χ4n) is 3.72. The quantitative estimate of drug-likeness (QED) is 0.375. The van der Waals surface area contributed by atoms with E-state index in [1.165, 1.54) is 15.6 Å². The number of aromatic nitrogens is 3. The molecule has 0 unspecified atom stereocenters. The standard InChI is InChI=1S/C22H28N4O4S3.CH4.H2S/c1-31-17-13-23-21(24-14-17)6-2-16(15-27)3-7-22-25-19-5-4-18(12-20(19)32-22)33(28,29)26-8-10-30-11-9-26;;/h4-5,12-14,16,27H,2-3,6-11,15H2,1H3;1H4;1H2/t16-;;/m0../s1. The second-order valence-corrected chi connectivity index (χ2v) is 11.9. The van der Waals surface area contributed by atoms with Gasteiger partial charge in [-0.2, -0.15) is 17.8 Å². The number of morpholine rings is 1. The van der Waals surface area contributed by atoms with Crippen LogP contribution >= 0.6 is 36.6 Å². The number of hydrogen-bond donors (Lipinski definition) is 1. The Morgan fingerprint density at radius 3 is 2.51 bits per heavy atom. The summed E-state index contributed by atoms with van der Waals surface area (Å²) < 4.78 is 33.5. The Kier molecular flexibility index (Phi) is 11.9. The minimum Gasteiger partial charge on any atom is -0.396 e. The molecule has 2 aromatic heterocycles. The molecule has 12 heteroatoms. The number of nitrogens with zero attached hydrogens (tertiary/aromatic N) is 4. The number of fused-ring (bicyclic) bond motifs is 1. The first-order chi connectivity index (χ1) is 16.0. The van der Waals surface area contributed by atoms with E-state index in [0.29, 0.717) is 31.2 Å². The molecule has 0 spiro atoms. The summed E-state index contributed by atoms with van der Waals surface area (Å²) in [6, 6.07) is 5.14. The second-order valence-electron chi connectivity index (χ2n) is 7.92. The predicted octanol–water partition coefficient (Wildman–Crippen LogP) is 3.75. The molecule has 194 valence electrons. The Hall–Kier alpha value is -1.28. The van der Waals surface area contributed by atoms with E-state index in [-0.39, 0.29) is 33.4 Å². The molecule has 3 heterocycles. The van der Waals surface area contributed by atoms with Crippen LogP contribution in [-0.4, -0.2) is 71.9 Å². The summed E-state index contributed by atoms with van der Waals surface area (Å²) in [4.78, 5) is 14.8. The number of rotatable bonds is 10. The summed E-state index contributed by atoms with van der Waals surface area (Å²) in [5.41, 5.74) is 0.804. The van der Waals surface area contributed by atoms with Crippen LogP contribution in [0.2, 0.25) is 0 Å². The van der Waals surface area contributed by atoms with Gasteiger partial charge < -0.3 is 9.84 Å². The van der Waals surface area contributed by atoms with Gasteiger partial charge in [0.15, 0.2) is 0 Å². The van der Waals surface area contributed by atoms with Crippen LogP contribution in [0.3, 0.4) is 0 Å². The maximum atomic E-state index is 12.9. The van der Waals surface area contributed by atoms with Crippen molar-refractivity contribution in [3.8, 4) is 0 Å². The van der Waals surface area contributed by atoms with Gasteiger partial charge in [-0.25, -0.2) is 23.4 Å². The van der Waals surface area contributed by atoms with Crippen molar-refractivity contribution in [1.29, 1.82) is 0 Å². The maximum absolute atomic E-state index is 12.9. The number of benzene rings is 1. The van der Waals surface area contributed by atoms with Gasteiger partial charge >= 0.3 is 0 Å². The minimum absolute atomic E-state index is 0. The van der Waals surface area contributed by atoms with E-state index in [2.05, 4.69) is 15.0 Å². The number of thioether (sulfide) groups is 1. The van der Waals surface area contributed by atoms with Gasteiger partial charge in [-0.3, -0.25) is 0 Å². The Balaban J connectivity index is 0.00000216. The fourth-order valence-corrected chi connectivity index (χ4v) is 6.57. The van der Waals surface area contributed by atoms with E-state index in [1.807, 2.05) is 18.6 Å². The van der Waals surface area contributed by atoms with Crippen LogP contribution in [0.5, 0.6) is 0 Å². The first kappa shape index (κ1) is 29.9. The number of aliphatic hydroxyl groups is 1. The van der Waals surface area contributed by atoms with Gasteiger partial charge in [0, 0.05) is 43.4 Å². The number of aryl methyl sites for hydroxylation is 2. The summed E-state index contributed by atoms with van der Waals surface area (Å²) in [7, 11) is -3.53. The average molecular weight is 559 g/mol. The Bertz CT molecular complexity index is 1170. The van der Waals surface area contributed by atoms with Crippen LogP contribution < -0.4 is 0 Å². The first-order valence-electron chi connectivity index (χ1n) is 10.9. The van der Waals surface area contributed by atoms with E-state index < -0.39 is 10.0 Å². The highest BCUT2D eigenvalue weighted by Gasteiger charge is 2.26. The van der Waals surface area contributed by atoms with Crippen LogP contribution in [0, 0.1) is 5.92 Å². The highest BCUT2D eigenvalue weighted by Crippen LogP contribution is 2.28. The van der Waals surface area contributed by atoms with Crippen molar-refractivity contribution in [2.75, 3.05) is 39.2 Å². The zero-order valence-corrected chi connectivity index (χ0v) is 22.5. The predicted molar refractivity (Wildman–Crippen MR) is 147 cm³/mol. The molecule has 4 rings (SSSR count). The van der Waals surface area contributed by atoms with Crippen molar-refractivity contribution >= 4 is 56.8 Å². The van der Waals surface area contributed by atoms with Gasteiger partial charge in [0.25, 0.3) is 0 Å². The van der Waals surface area contributed by atoms with Crippen LogP contribution in [0.15, 0.2) is 40.4 Å². The van der Waals surface area contributed by atoms with E-state index in [1.54, 1.807) is 30.0 Å². The van der Waals surface area contributed by atoms with Gasteiger partial charge in [-0.15, -0.1) is 23.1 Å². The molecular weight excluding hydrogens is 525 g/mol. The number of ether oxygens (including phenoxy) is 1. The molecule has 1 N–H and O–H groups in total. The number of thiazole rings is 1. The molecule has 1 fully saturated rings. The lowest BCUT2D eigenvalue weighted by molar-refractivity contribution is 0.0730. The van der Waals surface area contributed by atoms with Crippen molar-refractivity contribution in [1.82, 2.24) is 19.3 Å². The Morgan fingerprint density at radius 1 is 1.17 bits per heavy atom. The average Bonchev–Trinajstić information content (AvgIpc) is 3.27. The number of sulfonamides is 1. The van der Waals surface area contributed by atoms with E-state index in [0.717, 1.165) is 51.6 Å². The Labute approximate surface area is 223 Å². The van der Waals surface area contributed by atoms with Crippen molar-refractivity contribution < 1.29 is 18.3 Å². The van der Waals surface area contributed by atoms with Gasteiger partial charge in [0.1, 0.15) is 5.82 Å². The molecule has 1 aliphatic heterocycles. The molecule has 0 radical (unpaired) electrons. The molecule has 0 bridgehead atoms. The van der Waals surface area contributed by atoms with Gasteiger partial charge in [-0.05, 0) is 49.6 Å². The molecule has 1 aromatic carbocycles. The van der Waals surface area contributed by atoms with Crippen molar-refractivity contribution in [3.63, 3.8) is 0 Å². The molecule has 0 amide bonds. The third-order valence-electron chi connectivity index (χ3n) is 5.73.